The van der Waals surface area contributed by atoms with E-state index in [1.807, 2.05) is 0 Å². The number of hydrogen-bond donors (Lipinski definition) is 2. The van der Waals surface area contributed by atoms with Gasteiger partial charge < -0.3 is 14.6 Å². The minimum atomic E-state index is -0.795. The summed E-state index contributed by atoms with van der Waals surface area (Å²) < 4.78 is 9.32. The van der Waals surface area contributed by atoms with E-state index in [4.69, 9.17) is 4.74 Å². The molecule has 0 radical (unpaired) electrons. The van der Waals surface area contributed by atoms with Crippen molar-refractivity contribution in [3.8, 4) is 0 Å². The van der Waals surface area contributed by atoms with Gasteiger partial charge in [0.1, 0.15) is 12.6 Å². The van der Waals surface area contributed by atoms with Crippen LogP contribution in [0.1, 0.15) is 6.42 Å². The van der Waals surface area contributed by atoms with Crippen molar-refractivity contribution in [2.24, 2.45) is 0 Å². The van der Waals surface area contributed by atoms with Crippen LogP contribution in [0.3, 0.4) is 0 Å². The number of β-amino-alcohol motifs (C(OH)–C–C–N with tert-alkyl or cyclic N) is 1. The molecule has 0 unspecified atom stereocenters. The Morgan fingerprint density at radius 1 is 1.65 bits per heavy atom. The van der Waals surface area contributed by atoms with E-state index in [1.54, 1.807) is 0 Å². The Morgan fingerprint density at radius 2 is 2.35 bits per heavy atom. The Hall–Kier alpha value is -1.60. The molecule has 1 rings (SSSR count). The highest BCUT2D eigenvalue weighted by atomic mass is 16.6. The summed E-state index contributed by atoms with van der Waals surface area (Å²) in [5.74, 6) is -0.537. The van der Waals surface area contributed by atoms with Gasteiger partial charge in [-0.05, 0) is 0 Å². The first-order valence-electron chi connectivity index (χ1n) is 5.15. The van der Waals surface area contributed by atoms with E-state index in [-0.39, 0.29) is 19.6 Å². The smallest absolute Gasteiger partial charge is 0.424 e. The van der Waals surface area contributed by atoms with Gasteiger partial charge in [-0.1, -0.05) is 12.7 Å². The third-order valence-electron chi connectivity index (χ3n) is 2.24. The Morgan fingerprint density at radius 3 is 2.94 bits per heavy atom. The van der Waals surface area contributed by atoms with Gasteiger partial charge in [0.25, 0.3) is 0 Å². The number of rotatable bonds is 3. The molecule has 1 aliphatic rings. The van der Waals surface area contributed by atoms with Crippen molar-refractivity contribution in [3.05, 3.63) is 12.7 Å². The molecule has 0 aliphatic carbocycles. The molecule has 1 heterocycles. The predicted octanol–water partition coefficient (Wildman–Crippen LogP) is -0.578. The highest BCUT2D eigenvalue weighted by Crippen LogP contribution is 2.10. The van der Waals surface area contributed by atoms with Gasteiger partial charge in [0.15, 0.2) is 0 Å². The van der Waals surface area contributed by atoms with E-state index >= 15 is 0 Å². The second-order valence-electron chi connectivity index (χ2n) is 3.57. The largest absolute Gasteiger partial charge is 0.468 e. The molecular formula is C10H16N2O5. The molecule has 0 aromatic heterocycles. The summed E-state index contributed by atoms with van der Waals surface area (Å²) in [4.78, 5) is 22.8. The Labute approximate surface area is 99.0 Å². The number of aliphatic hydroxyl groups excluding tert-OH is 1. The fourth-order valence-corrected chi connectivity index (χ4v) is 1.48. The average molecular weight is 244 g/mol. The van der Waals surface area contributed by atoms with Gasteiger partial charge in [0.2, 0.25) is 0 Å². The lowest BCUT2D eigenvalue weighted by atomic mass is 10.1. The van der Waals surface area contributed by atoms with Crippen LogP contribution in [0.5, 0.6) is 0 Å². The molecule has 1 amide bonds. The zero-order valence-electron chi connectivity index (χ0n) is 9.59. The van der Waals surface area contributed by atoms with Crippen LogP contribution >= 0.6 is 0 Å². The Kier molecular flexibility index (Phi) is 4.92. The van der Waals surface area contributed by atoms with Crippen molar-refractivity contribution in [2.75, 3.05) is 20.3 Å². The lowest BCUT2D eigenvalue weighted by Gasteiger charge is -2.34. The van der Waals surface area contributed by atoms with E-state index in [1.165, 1.54) is 13.2 Å². The Balaban J connectivity index is 2.58. The average Bonchev–Trinajstić information content (AvgIpc) is 2.34. The molecule has 0 aromatic rings. The summed E-state index contributed by atoms with van der Waals surface area (Å²) in [5, 5.41) is 10.6. The number of nitrogens with one attached hydrogen (secondary N) is 1. The van der Waals surface area contributed by atoms with Crippen molar-refractivity contribution in [1.29, 1.82) is 0 Å². The third-order valence-corrected chi connectivity index (χ3v) is 2.24. The van der Waals surface area contributed by atoms with Crippen molar-refractivity contribution >= 4 is 12.1 Å². The van der Waals surface area contributed by atoms with Gasteiger partial charge >= 0.3 is 12.1 Å². The standard InChI is InChI=1S/C10H16N2O5/c1-3-4-17-10(15)12-6-7(13)5-8(11-12)9(14)16-2/h3,7-8,11,13H,1,4-6H2,2H3/t7-,8-/m1/s1. The van der Waals surface area contributed by atoms with Gasteiger partial charge in [-0.3, -0.25) is 4.79 Å². The molecular weight excluding hydrogens is 228 g/mol. The highest BCUT2D eigenvalue weighted by molar-refractivity contribution is 5.77. The summed E-state index contributed by atoms with van der Waals surface area (Å²) >= 11 is 0. The minimum Gasteiger partial charge on any atom is -0.468 e. The fraction of sp³-hybridized carbons (Fsp3) is 0.600. The van der Waals surface area contributed by atoms with Crippen LogP contribution in [-0.4, -0.2) is 54.6 Å². The van der Waals surface area contributed by atoms with E-state index in [0.717, 1.165) is 5.01 Å². The number of amides is 1. The molecule has 7 heteroatoms. The SMILES string of the molecule is C=CCOC(=O)N1C[C@H](O)C[C@H](C(=O)OC)N1. The summed E-state index contributed by atoms with van der Waals surface area (Å²) in [6, 6.07) is -0.750. The molecule has 96 valence electrons. The summed E-state index contributed by atoms with van der Waals surface area (Å²) in [5.41, 5.74) is 2.63. The lowest BCUT2D eigenvalue weighted by Crippen LogP contribution is -2.59. The van der Waals surface area contributed by atoms with Gasteiger partial charge in [-0.2, -0.15) is 0 Å². The van der Waals surface area contributed by atoms with Gasteiger partial charge in [0, 0.05) is 6.42 Å². The Bertz CT molecular complexity index is 307. The van der Waals surface area contributed by atoms with E-state index < -0.39 is 24.2 Å². The van der Waals surface area contributed by atoms with Gasteiger partial charge in [-0.15, -0.1) is 0 Å². The number of hydrogen-bond acceptors (Lipinski definition) is 6. The van der Waals surface area contributed by atoms with Crippen LogP contribution in [-0.2, 0) is 14.3 Å². The highest BCUT2D eigenvalue weighted by Gasteiger charge is 2.33. The monoisotopic (exact) mass is 244 g/mol. The number of nitrogens with zero attached hydrogens (tertiary/aromatic N) is 1. The minimum absolute atomic E-state index is 0.0590. The number of carbonyl (C=O) groups excluding carboxylic acids is 2. The molecule has 0 bridgehead atoms. The van der Waals surface area contributed by atoms with Crippen LogP contribution in [0.25, 0.3) is 0 Å². The topological polar surface area (TPSA) is 88.1 Å². The van der Waals surface area contributed by atoms with Crippen molar-refractivity contribution in [1.82, 2.24) is 10.4 Å². The maximum atomic E-state index is 11.5. The fourth-order valence-electron chi connectivity index (χ4n) is 1.48. The molecule has 0 aromatic carbocycles. The number of methoxy groups -OCH3 is 1. The molecule has 0 spiro atoms. The molecule has 1 fully saturated rings. The zero-order valence-corrected chi connectivity index (χ0v) is 9.59. The second kappa shape index (κ2) is 6.21. The first-order chi connectivity index (χ1) is 8.08. The van der Waals surface area contributed by atoms with Crippen LogP contribution in [0, 0.1) is 0 Å². The normalized spacial score (nSPS) is 24.0. The maximum absolute atomic E-state index is 11.5. The predicted molar refractivity (Wildman–Crippen MR) is 57.8 cm³/mol. The number of aliphatic hydroxyl groups is 1. The summed E-state index contributed by atoms with van der Waals surface area (Å²) in [6.45, 7) is 3.53. The quantitative estimate of drug-likeness (QED) is 0.510. The van der Waals surface area contributed by atoms with Crippen LogP contribution in [0.15, 0.2) is 12.7 Å². The van der Waals surface area contributed by atoms with Crippen LogP contribution in [0.4, 0.5) is 4.79 Å². The number of ether oxygens (including phenoxy) is 2. The maximum Gasteiger partial charge on any atom is 0.424 e. The first kappa shape index (κ1) is 13.5. The van der Waals surface area contributed by atoms with Crippen molar-refractivity contribution < 1.29 is 24.2 Å². The number of hydrazine groups is 1. The van der Waals surface area contributed by atoms with Crippen LogP contribution in [0.2, 0.25) is 0 Å². The van der Waals surface area contributed by atoms with Crippen LogP contribution < -0.4 is 5.43 Å². The molecule has 0 saturated carbocycles. The van der Waals surface area contributed by atoms with Crippen molar-refractivity contribution in [2.45, 2.75) is 18.6 Å². The first-order valence-corrected chi connectivity index (χ1v) is 5.15. The second-order valence-corrected chi connectivity index (χ2v) is 3.57. The zero-order chi connectivity index (χ0) is 12.8. The molecule has 7 nitrogen and oxygen atoms in total. The molecule has 1 saturated heterocycles. The van der Waals surface area contributed by atoms with Crippen molar-refractivity contribution in [3.63, 3.8) is 0 Å². The lowest BCUT2D eigenvalue weighted by molar-refractivity contribution is -0.147. The number of esters is 1. The third kappa shape index (κ3) is 3.72. The van der Waals surface area contributed by atoms with E-state index in [0.29, 0.717) is 0 Å². The number of carbonyl (C=O) groups is 2. The van der Waals surface area contributed by atoms with Gasteiger partial charge in [0.05, 0.1) is 19.8 Å². The summed E-state index contributed by atoms with van der Waals surface area (Å²) in [6.07, 6.45) is 0.155. The molecule has 2 N–H and O–H groups in total. The molecule has 17 heavy (non-hydrogen) atoms. The molecule has 2 atom stereocenters. The van der Waals surface area contributed by atoms with Gasteiger partial charge in [-0.25, -0.2) is 15.2 Å². The molecule has 1 aliphatic heterocycles. The van der Waals surface area contributed by atoms with E-state index in [9.17, 15) is 14.7 Å². The summed E-state index contributed by atoms with van der Waals surface area (Å²) in [7, 11) is 1.24. The van der Waals surface area contributed by atoms with E-state index in [2.05, 4.69) is 16.7 Å².